The minimum absolute atomic E-state index is 0.00873. The molecular weight excluding hydrogens is 666 g/mol. The standard InChI is InChI=1S/C31H27NO5.C14H12O2/c1-32(2)16-17-35-28-13-7-12-26-30(34)25-15-14-24(20-29(25)37-31(26)28)36-23-11-6-10-22(19-23)27(33)18-21-8-4-3-5-9-21;15-13-8-4-7-12(10-13)14(16)9-11-5-2-1-3-6-11/h3-15,19-20H,16-18H2,1-2H3;1-8,10,15H,9H2. The van der Waals surface area contributed by atoms with E-state index in [1.807, 2.05) is 79.7 Å². The van der Waals surface area contributed by atoms with Gasteiger partial charge in [-0.25, -0.2) is 0 Å². The fourth-order valence-corrected chi connectivity index (χ4v) is 5.66. The third-order valence-corrected chi connectivity index (χ3v) is 8.40. The van der Waals surface area contributed by atoms with Crippen LogP contribution in [0.2, 0.25) is 0 Å². The Morgan fingerprint density at radius 1 is 0.642 bits per heavy atom. The average Bonchev–Trinajstić information content (AvgIpc) is 3.16. The summed E-state index contributed by atoms with van der Waals surface area (Å²) in [7, 11) is 3.94. The first-order chi connectivity index (χ1) is 25.7. The van der Waals surface area contributed by atoms with E-state index in [1.165, 1.54) is 6.07 Å². The Morgan fingerprint density at radius 3 is 1.89 bits per heavy atom. The predicted molar refractivity (Wildman–Crippen MR) is 208 cm³/mol. The number of para-hydroxylation sites is 1. The largest absolute Gasteiger partial charge is 0.508 e. The van der Waals surface area contributed by atoms with E-state index in [2.05, 4.69) is 0 Å². The van der Waals surface area contributed by atoms with Gasteiger partial charge in [0.25, 0.3) is 0 Å². The molecular formula is C45H39NO7. The molecule has 0 saturated heterocycles. The van der Waals surface area contributed by atoms with Crippen molar-refractivity contribution in [1.29, 1.82) is 0 Å². The summed E-state index contributed by atoms with van der Waals surface area (Å²) in [5, 5.41) is 10.2. The molecule has 1 N–H and O–H groups in total. The van der Waals surface area contributed by atoms with Gasteiger partial charge in [0.15, 0.2) is 22.9 Å². The Balaban J connectivity index is 0.000000250. The van der Waals surface area contributed by atoms with E-state index >= 15 is 0 Å². The van der Waals surface area contributed by atoms with Gasteiger partial charge in [0.05, 0.1) is 10.8 Å². The van der Waals surface area contributed by atoms with Gasteiger partial charge in [0.1, 0.15) is 29.4 Å². The molecule has 0 bridgehead atoms. The van der Waals surface area contributed by atoms with E-state index in [-0.39, 0.29) is 22.7 Å². The molecule has 7 rings (SSSR count). The van der Waals surface area contributed by atoms with Crippen LogP contribution < -0.4 is 14.9 Å². The third-order valence-electron chi connectivity index (χ3n) is 8.40. The second-order valence-electron chi connectivity index (χ2n) is 12.7. The zero-order valence-corrected chi connectivity index (χ0v) is 29.5. The molecule has 0 spiro atoms. The van der Waals surface area contributed by atoms with Crippen molar-refractivity contribution >= 4 is 33.5 Å². The quantitative estimate of drug-likeness (QED) is 0.0993. The highest BCUT2D eigenvalue weighted by atomic mass is 16.5. The molecule has 0 aliphatic heterocycles. The molecule has 0 radical (unpaired) electrons. The maximum absolute atomic E-state index is 13.2. The molecule has 1 heterocycles. The van der Waals surface area contributed by atoms with Crippen LogP contribution >= 0.6 is 0 Å². The number of carbonyl (C=O) groups is 2. The number of hydrogen-bond acceptors (Lipinski definition) is 8. The number of fused-ring (bicyclic) bond motifs is 2. The van der Waals surface area contributed by atoms with Crippen LogP contribution in [0.3, 0.4) is 0 Å². The van der Waals surface area contributed by atoms with Gasteiger partial charge in [0.2, 0.25) is 5.43 Å². The van der Waals surface area contributed by atoms with E-state index in [9.17, 15) is 19.5 Å². The van der Waals surface area contributed by atoms with Crippen LogP contribution in [0, 0.1) is 0 Å². The normalized spacial score (nSPS) is 10.8. The lowest BCUT2D eigenvalue weighted by Crippen LogP contribution is -2.19. The van der Waals surface area contributed by atoms with Gasteiger partial charge in [-0.15, -0.1) is 0 Å². The van der Waals surface area contributed by atoms with Crippen molar-refractivity contribution < 1.29 is 28.6 Å². The van der Waals surface area contributed by atoms with Crippen LogP contribution in [-0.2, 0) is 12.8 Å². The molecule has 8 nitrogen and oxygen atoms in total. The molecule has 0 aliphatic carbocycles. The Labute approximate surface area is 307 Å². The monoisotopic (exact) mass is 705 g/mol. The van der Waals surface area contributed by atoms with Gasteiger partial charge < -0.3 is 23.9 Å². The lowest BCUT2D eigenvalue weighted by Gasteiger charge is -2.12. The van der Waals surface area contributed by atoms with Crippen LogP contribution in [0.5, 0.6) is 23.0 Å². The molecule has 0 fully saturated rings. The summed E-state index contributed by atoms with van der Waals surface area (Å²) in [4.78, 5) is 39.8. The molecule has 53 heavy (non-hydrogen) atoms. The van der Waals surface area contributed by atoms with Crippen molar-refractivity contribution in [3.05, 3.63) is 178 Å². The van der Waals surface area contributed by atoms with Gasteiger partial charge in [-0.1, -0.05) is 91.0 Å². The third kappa shape index (κ3) is 9.64. The number of hydrogen-bond donors (Lipinski definition) is 1. The minimum Gasteiger partial charge on any atom is -0.508 e. The van der Waals surface area contributed by atoms with Crippen LogP contribution in [0.4, 0.5) is 0 Å². The van der Waals surface area contributed by atoms with Crippen LogP contribution in [0.25, 0.3) is 21.9 Å². The molecule has 0 aliphatic rings. The van der Waals surface area contributed by atoms with E-state index in [4.69, 9.17) is 13.9 Å². The highest BCUT2D eigenvalue weighted by Crippen LogP contribution is 2.31. The van der Waals surface area contributed by atoms with Crippen LogP contribution in [0.1, 0.15) is 31.8 Å². The van der Waals surface area contributed by atoms with Crippen LogP contribution in [0.15, 0.2) is 155 Å². The molecule has 8 heteroatoms. The predicted octanol–water partition coefficient (Wildman–Crippen LogP) is 8.92. The van der Waals surface area contributed by atoms with Gasteiger partial charge in [0, 0.05) is 36.6 Å². The number of ether oxygens (including phenoxy) is 2. The Morgan fingerprint density at radius 2 is 1.25 bits per heavy atom. The molecule has 6 aromatic carbocycles. The second-order valence-corrected chi connectivity index (χ2v) is 12.7. The Bertz CT molecular complexity index is 2400. The summed E-state index contributed by atoms with van der Waals surface area (Å²) in [5.41, 5.74) is 3.73. The highest BCUT2D eigenvalue weighted by molar-refractivity contribution is 5.98. The summed E-state index contributed by atoms with van der Waals surface area (Å²) >= 11 is 0. The lowest BCUT2D eigenvalue weighted by atomic mass is 10.0. The summed E-state index contributed by atoms with van der Waals surface area (Å²) in [5.74, 6) is 1.69. The van der Waals surface area contributed by atoms with Gasteiger partial charge >= 0.3 is 0 Å². The van der Waals surface area contributed by atoms with E-state index in [1.54, 1.807) is 78.9 Å². The molecule has 0 unspecified atom stereocenters. The fourth-order valence-electron chi connectivity index (χ4n) is 5.66. The minimum atomic E-state index is -0.130. The number of likely N-dealkylation sites (N-methyl/N-ethyl adjacent to an activating group) is 1. The van der Waals surface area contributed by atoms with Gasteiger partial charge in [-0.2, -0.15) is 0 Å². The smallest absolute Gasteiger partial charge is 0.200 e. The number of Topliss-reactive ketones (excluding diaryl/α,β-unsaturated/α-hetero) is 2. The number of carbonyl (C=O) groups excluding carboxylic acids is 2. The van der Waals surface area contributed by atoms with Crippen molar-refractivity contribution in [3.8, 4) is 23.0 Å². The van der Waals surface area contributed by atoms with E-state index < -0.39 is 0 Å². The average molecular weight is 706 g/mol. The number of phenols is 1. The van der Waals surface area contributed by atoms with Crippen molar-refractivity contribution in [2.24, 2.45) is 0 Å². The van der Waals surface area contributed by atoms with Gasteiger partial charge in [-0.05, 0) is 73.8 Å². The Hall–Kier alpha value is -6.51. The maximum Gasteiger partial charge on any atom is 0.200 e. The van der Waals surface area contributed by atoms with Gasteiger partial charge in [-0.3, -0.25) is 14.4 Å². The number of nitrogens with zero attached hydrogens (tertiary/aromatic N) is 1. The number of rotatable bonds is 12. The second kappa shape index (κ2) is 17.1. The first-order valence-electron chi connectivity index (χ1n) is 17.2. The zero-order valence-electron chi connectivity index (χ0n) is 29.5. The van der Waals surface area contributed by atoms with Crippen molar-refractivity contribution in [2.75, 3.05) is 27.2 Å². The Kier molecular flexibility index (Phi) is 11.7. The van der Waals surface area contributed by atoms with Crippen molar-refractivity contribution in [1.82, 2.24) is 4.90 Å². The summed E-state index contributed by atoms with van der Waals surface area (Å²) in [6, 6.07) is 43.1. The van der Waals surface area contributed by atoms with E-state index in [0.29, 0.717) is 69.8 Å². The highest BCUT2D eigenvalue weighted by Gasteiger charge is 2.14. The number of phenolic OH excluding ortho intramolecular Hbond substituents is 1. The first-order valence-corrected chi connectivity index (χ1v) is 17.2. The molecule has 266 valence electrons. The SMILES string of the molecule is CN(C)CCOc1cccc2c(=O)c3ccc(Oc4cccc(C(=O)Cc5ccccc5)c4)cc3oc12.O=C(Cc1ccccc1)c1cccc(O)c1. The molecule has 1 aromatic heterocycles. The lowest BCUT2D eigenvalue weighted by molar-refractivity contribution is 0.0984. The number of benzene rings is 6. The fraction of sp³-hybridized carbons (Fsp3) is 0.133. The number of aromatic hydroxyl groups is 1. The van der Waals surface area contributed by atoms with Crippen molar-refractivity contribution in [2.45, 2.75) is 12.8 Å². The topological polar surface area (TPSA) is 106 Å². The molecule has 0 saturated carbocycles. The summed E-state index contributed by atoms with van der Waals surface area (Å²) < 4.78 is 18.1. The number of ketones is 2. The zero-order chi connectivity index (χ0) is 37.2. The molecule has 0 amide bonds. The molecule has 0 atom stereocenters. The van der Waals surface area contributed by atoms with Crippen LogP contribution in [-0.4, -0.2) is 48.8 Å². The van der Waals surface area contributed by atoms with Crippen molar-refractivity contribution in [3.63, 3.8) is 0 Å². The summed E-state index contributed by atoms with van der Waals surface area (Å²) in [6.45, 7) is 1.20. The van der Waals surface area contributed by atoms with E-state index in [0.717, 1.165) is 17.7 Å². The first kappa shape index (κ1) is 36.3. The maximum atomic E-state index is 13.2. The summed E-state index contributed by atoms with van der Waals surface area (Å²) in [6.07, 6.45) is 0.682. The molecule has 7 aromatic rings.